The summed E-state index contributed by atoms with van der Waals surface area (Å²) >= 11 is 0. The number of hydrogen-bond donors (Lipinski definition) is 2. The molecule has 4 rings (SSSR count). The topological polar surface area (TPSA) is 92.8 Å². The van der Waals surface area contributed by atoms with Crippen molar-refractivity contribution in [3.63, 3.8) is 0 Å². The van der Waals surface area contributed by atoms with Gasteiger partial charge in [-0.2, -0.15) is 5.10 Å². The number of aromatic amines is 1. The molecule has 0 spiro atoms. The summed E-state index contributed by atoms with van der Waals surface area (Å²) in [5.41, 5.74) is 6.40. The van der Waals surface area contributed by atoms with Crippen LogP contribution in [0.1, 0.15) is 49.7 Å². The lowest BCUT2D eigenvalue weighted by Crippen LogP contribution is -2.21. The fourth-order valence-electron chi connectivity index (χ4n) is 3.99. The summed E-state index contributed by atoms with van der Waals surface area (Å²) in [6, 6.07) is 7.89. The highest BCUT2D eigenvalue weighted by atomic mass is 16.5. The number of esters is 1. The number of carbonyl (C=O) groups is 1. The Hall–Kier alpha value is -3.48. The Balaban J connectivity index is 1.66. The molecule has 3 heterocycles. The van der Waals surface area contributed by atoms with Crippen LogP contribution in [0.4, 0.5) is 5.82 Å². The molecule has 166 valence electrons. The van der Waals surface area contributed by atoms with E-state index in [1.165, 1.54) is 17.3 Å². The molecule has 7 heteroatoms. The second kappa shape index (κ2) is 9.34. The van der Waals surface area contributed by atoms with Gasteiger partial charge in [0.15, 0.2) is 0 Å². The molecule has 0 fully saturated rings. The number of carbonyl (C=O) groups excluding carboxylic acids is 1. The Bertz CT molecular complexity index is 1120. The summed E-state index contributed by atoms with van der Waals surface area (Å²) in [5, 5.41) is 11.3. The van der Waals surface area contributed by atoms with Crippen LogP contribution in [0.15, 0.2) is 42.7 Å². The Morgan fingerprint density at radius 1 is 1.34 bits per heavy atom. The SMILES string of the molecule is CCOC(=O)/C=C/c1cc(-c2n[nH]c3c2CCC(C)(C)C3)cc(NCc2cccnc2)n1. The quantitative estimate of drug-likeness (QED) is 0.420. The van der Waals surface area contributed by atoms with Gasteiger partial charge in [0.05, 0.1) is 18.0 Å². The van der Waals surface area contributed by atoms with E-state index < -0.39 is 0 Å². The highest BCUT2D eigenvalue weighted by molar-refractivity contribution is 5.87. The van der Waals surface area contributed by atoms with Crippen molar-refractivity contribution in [2.75, 3.05) is 11.9 Å². The zero-order chi connectivity index (χ0) is 22.6. The van der Waals surface area contributed by atoms with Crippen LogP contribution in [0.5, 0.6) is 0 Å². The third-order valence-electron chi connectivity index (χ3n) is 5.65. The molecule has 1 aliphatic carbocycles. The van der Waals surface area contributed by atoms with E-state index in [2.05, 4.69) is 39.3 Å². The van der Waals surface area contributed by atoms with E-state index >= 15 is 0 Å². The van der Waals surface area contributed by atoms with E-state index in [-0.39, 0.29) is 11.4 Å². The predicted octanol–water partition coefficient (Wildman–Crippen LogP) is 4.57. The zero-order valence-electron chi connectivity index (χ0n) is 18.8. The highest BCUT2D eigenvalue weighted by Crippen LogP contribution is 2.38. The number of H-pyrrole nitrogens is 1. The third kappa shape index (κ3) is 5.22. The molecule has 0 saturated carbocycles. The highest BCUT2D eigenvalue weighted by Gasteiger charge is 2.29. The van der Waals surface area contributed by atoms with Crippen LogP contribution in [0, 0.1) is 5.41 Å². The summed E-state index contributed by atoms with van der Waals surface area (Å²) in [6.45, 7) is 7.30. The van der Waals surface area contributed by atoms with Gasteiger partial charge in [-0.1, -0.05) is 19.9 Å². The van der Waals surface area contributed by atoms with Crippen LogP contribution in [0.2, 0.25) is 0 Å². The second-order valence-corrected chi connectivity index (χ2v) is 8.84. The first-order chi connectivity index (χ1) is 15.4. The maximum absolute atomic E-state index is 11.8. The van der Waals surface area contributed by atoms with Crippen LogP contribution in [-0.2, 0) is 28.9 Å². The summed E-state index contributed by atoms with van der Waals surface area (Å²) in [7, 11) is 0. The lowest BCUT2D eigenvalue weighted by atomic mass is 9.76. The molecule has 0 atom stereocenters. The van der Waals surface area contributed by atoms with Gasteiger partial charge in [-0.3, -0.25) is 10.1 Å². The number of pyridine rings is 2. The molecular formula is C25H29N5O2. The van der Waals surface area contributed by atoms with Gasteiger partial charge in [0.1, 0.15) is 5.82 Å². The molecule has 0 saturated heterocycles. The Morgan fingerprint density at radius 2 is 2.22 bits per heavy atom. The van der Waals surface area contributed by atoms with Crippen molar-refractivity contribution in [2.24, 2.45) is 5.41 Å². The average Bonchev–Trinajstić information content (AvgIpc) is 3.19. The Kier molecular flexibility index (Phi) is 6.35. The number of anilines is 1. The van der Waals surface area contributed by atoms with Gasteiger partial charge in [-0.25, -0.2) is 9.78 Å². The van der Waals surface area contributed by atoms with Crippen molar-refractivity contribution in [3.8, 4) is 11.3 Å². The normalized spacial score (nSPS) is 14.8. The molecule has 1 aliphatic rings. The number of aromatic nitrogens is 4. The number of hydrogen-bond acceptors (Lipinski definition) is 6. The van der Waals surface area contributed by atoms with E-state index in [1.54, 1.807) is 19.2 Å². The molecular weight excluding hydrogens is 402 g/mol. The molecule has 7 nitrogen and oxygen atoms in total. The average molecular weight is 432 g/mol. The first-order valence-electron chi connectivity index (χ1n) is 11.0. The van der Waals surface area contributed by atoms with E-state index in [0.29, 0.717) is 24.7 Å². The monoisotopic (exact) mass is 431 g/mol. The van der Waals surface area contributed by atoms with Crippen LogP contribution < -0.4 is 5.32 Å². The van der Waals surface area contributed by atoms with Crippen molar-refractivity contribution in [1.82, 2.24) is 20.2 Å². The summed E-state index contributed by atoms with van der Waals surface area (Å²) in [5.74, 6) is 0.326. The van der Waals surface area contributed by atoms with Gasteiger partial charge in [0.2, 0.25) is 0 Å². The molecule has 0 unspecified atom stereocenters. The van der Waals surface area contributed by atoms with Crippen molar-refractivity contribution >= 4 is 17.9 Å². The largest absolute Gasteiger partial charge is 0.463 e. The Labute approximate surface area is 188 Å². The number of rotatable bonds is 7. The van der Waals surface area contributed by atoms with Gasteiger partial charge >= 0.3 is 5.97 Å². The van der Waals surface area contributed by atoms with Crippen molar-refractivity contribution < 1.29 is 9.53 Å². The van der Waals surface area contributed by atoms with Crippen molar-refractivity contribution in [2.45, 2.75) is 46.6 Å². The lowest BCUT2D eigenvalue weighted by molar-refractivity contribution is -0.137. The fourth-order valence-corrected chi connectivity index (χ4v) is 3.99. The maximum atomic E-state index is 11.8. The zero-order valence-corrected chi connectivity index (χ0v) is 18.8. The lowest BCUT2D eigenvalue weighted by Gasteiger charge is -2.29. The van der Waals surface area contributed by atoms with Crippen LogP contribution >= 0.6 is 0 Å². The number of fused-ring (bicyclic) bond motifs is 1. The van der Waals surface area contributed by atoms with E-state index in [4.69, 9.17) is 4.74 Å². The molecule has 3 aromatic heterocycles. The minimum atomic E-state index is -0.385. The van der Waals surface area contributed by atoms with E-state index in [9.17, 15) is 4.79 Å². The summed E-state index contributed by atoms with van der Waals surface area (Å²) < 4.78 is 5.00. The van der Waals surface area contributed by atoms with Gasteiger partial charge in [-0.15, -0.1) is 0 Å². The molecule has 32 heavy (non-hydrogen) atoms. The van der Waals surface area contributed by atoms with Crippen LogP contribution in [0.3, 0.4) is 0 Å². The molecule has 2 N–H and O–H groups in total. The standard InChI is InChI=1S/C25H29N5O2/c1-4-32-23(31)8-7-19-12-18(13-22(28-19)27-16-17-6-5-11-26-15-17)24-20-9-10-25(2,3)14-21(20)29-30-24/h5-8,11-13,15H,4,9-10,14,16H2,1-3H3,(H,27,28)(H,29,30)/b8-7+. The molecule has 0 aliphatic heterocycles. The van der Waals surface area contributed by atoms with Gasteiger partial charge < -0.3 is 10.1 Å². The van der Waals surface area contributed by atoms with Gasteiger partial charge in [-0.05, 0) is 61.4 Å². The van der Waals surface area contributed by atoms with E-state index in [1.807, 2.05) is 30.5 Å². The smallest absolute Gasteiger partial charge is 0.330 e. The molecule has 0 radical (unpaired) electrons. The maximum Gasteiger partial charge on any atom is 0.330 e. The van der Waals surface area contributed by atoms with Gasteiger partial charge in [0, 0.05) is 41.8 Å². The minimum Gasteiger partial charge on any atom is -0.463 e. The summed E-state index contributed by atoms with van der Waals surface area (Å²) in [4.78, 5) is 20.6. The van der Waals surface area contributed by atoms with Crippen LogP contribution in [0.25, 0.3) is 17.3 Å². The molecule has 3 aromatic rings. The number of ether oxygens (including phenoxy) is 1. The summed E-state index contributed by atoms with van der Waals surface area (Å²) in [6.07, 6.45) is 9.76. The van der Waals surface area contributed by atoms with Crippen molar-refractivity contribution in [3.05, 3.63) is 65.2 Å². The first kappa shape index (κ1) is 21.7. The first-order valence-corrected chi connectivity index (χ1v) is 11.0. The molecule has 0 amide bonds. The number of nitrogens with one attached hydrogen (secondary N) is 2. The van der Waals surface area contributed by atoms with Crippen LogP contribution in [-0.4, -0.2) is 32.7 Å². The Morgan fingerprint density at radius 3 is 3.00 bits per heavy atom. The van der Waals surface area contributed by atoms with E-state index in [0.717, 1.165) is 36.1 Å². The van der Waals surface area contributed by atoms with Crippen molar-refractivity contribution in [1.29, 1.82) is 0 Å². The third-order valence-corrected chi connectivity index (χ3v) is 5.65. The molecule has 0 bridgehead atoms. The predicted molar refractivity (Wildman–Crippen MR) is 125 cm³/mol. The fraction of sp³-hybridized carbons (Fsp3) is 0.360. The molecule has 0 aromatic carbocycles. The minimum absolute atomic E-state index is 0.277. The van der Waals surface area contributed by atoms with Gasteiger partial charge in [0.25, 0.3) is 0 Å². The second-order valence-electron chi connectivity index (χ2n) is 8.84. The number of nitrogens with zero attached hydrogens (tertiary/aromatic N) is 3.